The predicted molar refractivity (Wildman–Crippen MR) is 190 cm³/mol. The lowest BCUT2D eigenvalue weighted by molar-refractivity contribution is -0.384. The van der Waals surface area contributed by atoms with Crippen LogP contribution < -0.4 is 9.47 Å². The molecule has 3 aromatic carbocycles. The molecule has 6 rings (SSSR count). The molecule has 0 saturated heterocycles. The van der Waals surface area contributed by atoms with Gasteiger partial charge < -0.3 is 14.4 Å². The highest BCUT2D eigenvalue weighted by molar-refractivity contribution is 6.32. The van der Waals surface area contributed by atoms with Crippen LogP contribution in [0.25, 0.3) is 0 Å². The molecule has 0 aromatic heterocycles. The second-order valence-electron chi connectivity index (χ2n) is 14.9. The predicted octanol–water partition coefficient (Wildman–Crippen LogP) is 9.15. The van der Waals surface area contributed by atoms with Crippen molar-refractivity contribution < 1.29 is 24.0 Å². The zero-order valence-corrected chi connectivity index (χ0v) is 29.6. The number of nitro groups is 1. The molecular weight excluding hydrogens is 640 g/mol. The van der Waals surface area contributed by atoms with E-state index in [4.69, 9.17) is 21.1 Å². The van der Waals surface area contributed by atoms with Crippen LogP contribution in [0, 0.1) is 20.9 Å². The van der Waals surface area contributed by atoms with Crippen LogP contribution in [0.1, 0.15) is 82.9 Å². The molecule has 0 amide bonds. The number of non-ortho nitro benzene ring substituents is 1. The molecule has 0 radical (unpaired) electrons. The minimum Gasteiger partial charge on any atom is -0.490 e. The Morgan fingerprint density at radius 3 is 1.98 bits per heavy atom. The number of hydrogen-bond donors (Lipinski definition) is 0. The number of allylic oxidation sites excluding steroid dienone is 4. The molecule has 1 heterocycles. The number of Topliss-reactive ketones (excluding diaryl/α,β-unsaturated/α-hetero) is 2. The average Bonchev–Trinajstić information content (AvgIpc) is 3.02. The second kappa shape index (κ2) is 13.5. The van der Waals surface area contributed by atoms with Crippen LogP contribution in [0.3, 0.4) is 0 Å². The number of carbonyl (C=O) groups is 2. The Morgan fingerprint density at radius 1 is 0.837 bits per heavy atom. The third-order valence-corrected chi connectivity index (χ3v) is 9.96. The first-order valence-electron chi connectivity index (χ1n) is 16.9. The highest BCUT2D eigenvalue weighted by Gasteiger charge is 2.49. The quantitative estimate of drug-likeness (QED) is 0.155. The average molecular weight is 683 g/mol. The topological polar surface area (TPSA) is 99.0 Å². The molecule has 9 heteroatoms. The summed E-state index contributed by atoms with van der Waals surface area (Å²) >= 11 is 6.98. The van der Waals surface area contributed by atoms with Crippen LogP contribution in [0.5, 0.6) is 11.5 Å². The van der Waals surface area contributed by atoms with Gasteiger partial charge in [-0.15, -0.1) is 0 Å². The monoisotopic (exact) mass is 682 g/mol. The van der Waals surface area contributed by atoms with E-state index in [0.29, 0.717) is 66.5 Å². The Morgan fingerprint density at radius 2 is 1.43 bits per heavy atom. The van der Waals surface area contributed by atoms with Gasteiger partial charge in [0.05, 0.1) is 16.6 Å². The van der Waals surface area contributed by atoms with E-state index in [1.54, 1.807) is 18.2 Å². The van der Waals surface area contributed by atoms with Crippen molar-refractivity contribution >= 4 is 28.9 Å². The highest BCUT2D eigenvalue weighted by atomic mass is 35.5. The molecule has 2 aliphatic carbocycles. The van der Waals surface area contributed by atoms with Crippen molar-refractivity contribution in [2.75, 3.05) is 13.2 Å². The molecule has 0 fully saturated rings. The number of nitrogens with zero attached hydrogens (tertiary/aromatic N) is 2. The van der Waals surface area contributed by atoms with E-state index in [1.165, 1.54) is 17.7 Å². The molecule has 0 spiro atoms. The summed E-state index contributed by atoms with van der Waals surface area (Å²) in [5, 5.41) is 11.4. The van der Waals surface area contributed by atoms with Crippen molar-refractivity contribution in [2.45, 2.75) is 79.2 Å². The molecule has 8 nitrogen and oxygen atoms in total. The van der Waals surface area contributed by atoms with Crippen molar-refractivity contribution in [1.29, 1.82) is 0 Å². The Hall–Kier alpha value is -4.43. The van der Waals surface area contributed by atoms with Crippen LogP contribution in [0.2, 0.25) is 5.02 Å². The zero-order chi connectivity index (χ0) is 35.1. The molecule has 49 heavy (non-hydrogen) atoms. The summed E-state index contributed by atoms with van der Waals surface area (Å²) in [6.45, 7) is 11.5. The molecule has 0 atom stereocenters. The molecule has 0 unspecified atom stereocenters. The van der Waals surface area contributed by atoms with Crippen LogP contribution in [0.15, 0.2) is 89.3 Å². The second-order valence-corrected chi connectivity index (χ2v) is 15.3. The zero-order valence-electron chi connectivity index (χ0n) is 28.8. The number of rotatable bonds is 10. The Bertz CT molecular complexity index is 1810. The van der Waals surface area contributed by atoms with Crippen molar-refractivity contribution in [1.82, 2.24) is 4.90 Å². The Balaban J connectivity index is 1.45. The van der Waals surface area contributed by atoms with Crippen molar-refractivity contribution in [3.63, 3.8) is 0 Å². The van der Waals surface area contributed by atoms with Gasteiger partial charge in [0.1, 0.15) is 6.61 Å². The van der Waals surface area contributed by atoms with Gasteiger partial charge >= 0.3 is 0 Å². The van der Waals surface area contributed by atoms with Gasteiger partial charge in [0.25, 0.3) is 5.69 Å². The van der Waals surface area contributed by atoms with E-state index < -0.39 is 10.8 Å². The molecule has 0 saturated carbocycles. The summed E-state index contributed by atoms with van der Waals surface area (Å²) < 4.78 is 12.2. The summed E-state index contributed by atoms with van der Waals surface area (Å²) in [6.07, 6.45) is 2.99. The fraction of sp³-hybridized carbons (Fsp3) is 0.400. The van der Waals surface area contributed by atoms with E-state index in [0.717, 1.165) is 28.9 Å². The number of halogens is 1. The SMILES string of the molecule is CCOc1cc(C2C3=C(CC(C)(C)CC3=O)N(CCc3ccccc3)C3=C2C(=O)CC(C)(C)C3)cc(Cl)c1OCc1ccc([N+](=O)[O-])cc1. The van der Waals surface area contributed by atoms with Gasteiger partial charge in [-0.3, -0.25) is 19.7 Å². The fourth-order valence-corrected chi connectivity index (χ4v) is 7.84. The summed E-state index contributed by atoms with van der Waals surface area (Å²) in [6, 6.07) is 20.1. The lowest BCUT2D eigenvalue weighted by Crippen LogP contribution is -2.45. The van der Waals surface area contributed by atoms with Gasteiger partial charge in [-0.2, -0.15) is 0 Å². The van der Waals surface area contributed by atoms with Gasteiger partial charge in [-0.25, -0.2) is 0 Å². The van der Waals surface area contributed by atoms with E-state index in [-0.39, 0.29) is 34.7 Å². The van der Waals surface area contributed by atoms with Gasteiger partial charge in [0.2, 0.25) is 0 Å². The van der Waals surface area contributed by atoms with Gasteiger partial charge in [0, 0.05) is 60.0 Å². The number of ether oxygens (including phenoxy) is 2. The first-order chi connectivity index (χ1) is 23.3. The minimum absolute atomic E-state index is 0.00380. The number of ketones is 2. The van der Waals surface area contributed by atoms with Crippen molar-refractivity contribution in [3.05, 3.63) is 121 Å². The van der Waals surface area contributed by atoms with E-state index in [1.807, 2.05) is 31.2 Å². The van der Waals surface area contributed by atoms with Crippen LogP contribution in [-0.2, 0) is 22.6 Å². The molecule has 0 N–H and O–H groups in total. The molecule has 256 valence electrons. The lowest BCUT2D eigenvalue weighted by atomic mass is 9.63. The summed E-state index contributed by atoms with van der Waals surface area (Å²) in [4.78, 5) is 41.5. The summed E-state index contributed by atoms with van der Waals surface area (Å²) in [5.74, 6) is 0.275. The molecule has 3 aromatic rings. The first-order valence-corrected chi connectivity index (χ1v) is 17.3. The smallest absolute Gasteiger partial charge is 0.269 e. The van der Waals surface area contributed by atoms with Crippen LogP contribution in [0.4, 0.5) is 5.69 Å². The summed E-state index contributed by atoms with van der Waals surface area (Å²) in [7, 11) is 0. The van der Waals surface area contributed by atoms with E-state index in [2.05, 4.69) is 44.7 Å². The van der Waals surface area contributed by atoms with Crippen LogP contribution >= 0.6 is 11.6 Å². The maximum atomic E-state index is 14.3. The minimum atomic E-state index is -0.578. The Labute approximate surface area is 292 Å². The van der Waals surface area contributed by atoms with E-state index in [9.17, 15) is 19.7 Å². The molecule has 0 bridgehead atoms. The van der Waals surface area contributed by atoms with Gasteiger partial charge in [0.15, 0.2) is 23.1 Å². The molecule has 3 aliphatic rings. The Kier molecular flexibility index (Phi) is 9.46. The van der Waals surface area contributed by atoms with Crippen molar-refractivity contribution in [3.8, 4) is 11.5 Å². The number of nitro benzene ring substituents is 1. The third kappa shape index (κ3) is 7.16. The van der Waals surface area contributed by atoms with Crippen molar-refractivity contribution in [2.24, 2.45) is 10.8 Å². The number of hydrogen-bond acceptors (Lipinski definition) is 7. The largest absolute Gasteiger partial charge is 0.490 e. The summed E-state index contributed by atoms with van der Waals surface area (Å²) in [5.41, 5.74) is 5.53. The third-order valence-electron chi connectivity index (χ3n) is 9.68. The van der Waals surface area contributed by atoms with E-state index >= 15 is 0 Å². The maximum Gasteiger partial charge on any atom is 0.269 e. The fourth-order valence-electron chi connectivity index (χ4n) is 7.56. The van der Waals surface area contributed by atoms with Crippen LogP contribution in [-0.4, -0.2) is 34.5 Å². The van der Waals surface area contributed by atoms with Gasteiger partial charge in [-0.05, 0) is 78.0 Å². The first kappa shape index (κ1) is 34.4. The number of benzene rings is 3. The standard InChI is InChI=1S/C40H43ClN2O6/c1-6-48-34-19-27(18-29(41)38(34)49-24-26-12-14-28(15-13-26)43(46)47)35-36-30(20-39(2,3)22-32(36)44)42(17-16-25-10-8-7-9-11-25)31-21-40(4,5)23-33(45)37(31)35/h7-15,18-19,35H,6,16-17,20-24H2,1-5H3. The number of carbonyl (C=O) groups excluding carboxylic acids is 2. The molecular formula is C40H43ClN2O6. The molecule has 1 aliphatic heterocycles. The maximum absolute atomic E-state index is 14.3. The lowest BCUT2D eigenvalue weighted by Gasteiger charge is -2.49. The highest BCUT2D eigenvalue weighted by Crippen LogP contribution is 2.55. The van der Waals surface area contributed by atoms with Gasteiger partial charge in [-0.1, -0.05) is 69.6 Å². The normalized spacial score (nSPS) is 18.7.